The summed E-state index contributed by atoms with van der Waals surface area (Å²) in [6.07, 6.45) is 1.93. The molecule has 1 aromatic carbocycles. The zero-order chi connectivity index (χ0) is 17.4. The molecule has 2 aromatic rings. The fourth-order valence-corrected chi connectivity index (χ4v) is 3.27. The van der Waals surface area contributed by atoms with Crippen LogP contribution in [0.15, 0.2) is 55.1 Å². The van der Waals surface area contributed by atoms with E-state index >= 15 is 0 Å². The number of thiophene rings is 1. The summed E-state index contributed by atoms with van der Waals surface area (Å²) in [7, 11) is 0. The minimum Gasteiger partial charge on any atom is -0.352 e. The van der Waals surface area contributed by atoms with Crippen molar-refractivity contribution in [1.29, 1.82) is 0 Å². The van der Waals surface area contributed by atoms with Crippen molar-refractivity contribution < 1.29 is 9.59 Å². The van der Waals surface area contributed by atoms with Crippen molar-refractivity contribution >= 4 is 34.8 Å². The van der Waals surface area contributed by atoms with E-state index in [-0.39, 0.29) is 18.2 Å². The summed E-state index contributed by atoms with van der Waals surface area (Å²) in [6, 6.07) is 12.7. The van der Waals surface area contributed by atoms with Crippen LogP contribution >= 0.6 is 22.9 Å². The Hall–Kier alpha value is -2.11. The Kier molecular flexibility index (Phi) is 7.03. The summed E-state index contributed by atoms with van der Waals surface area (Å²) in [5, 5.41) is 2.76. The average Bonchev–Trinajstić information content (AvgIpc) is 3.00. The zero-order valence-corrected chi connectivity index (χ0v) is 14.8. The minimum absolute atomic E-state index is 0.0345. The molecule has 0 spiro atoms. The van der Waals surface area contributed by atoms with Gasteiger partial charge in [0.2, 0.25) is 5.91 Å². The smallest absolute Gasteiger partial charge is 0.251 e. The van der Waals surface area contributed by atoms with Gasteiger partial charge in [0.25, 0.3) is 5.91 Å². The van der Waals surface area contributed by atoms with E-state index in [4.69, 9.17) is 11.6 Å². The van der Waals surface area contributed by atoms with Crippen molar-refractivity contribution in [2.45, 2.75) is 13.0 Å². The molecule has 1 N–H and O–H groups in total. The standard InChI is InChI=1S/C18H19ClN2O2S/c1-2-12-21(13-15-8-9-16(19)24-15)17(22)10-11-20-18(23)14-6-4-3-5-7-14/h2-9H,1,10-13H2,(H,20,23). The molecule has 0 fully saturated rings. The average molecular weight is 363 g/mol. The Morgan fingerprint density at radius 3 is 2.58 bits per heavy atom. The molecule has 24 heavy (non-hydrogen) atoms. The fraction of sp³-hybridized carbons (Fsp3) is 0.222. The van der Waals surface area contributed by atoms with E-state index in [1.54, 1.807) is 35.2 Å². The molecule has 6 heteroatoms. The predicted octanol–water partition coefficient (Wildman–Crippen LogP) is 3.74. The Bertz CT molecular complexity index is 700. The van der Waals surface area contributed by atoms with Gasteiger partial charge in [0.05, 0.1) is 10.9 Å². The van der Waals surface area contributed by atoms with Gasteiger partial charge >= 0.3 is 0 Å². The number of carbonyl (C=O) groups is 2. The normalized spacial score (nSPS) is 10.2. The summed E-state index contributed by atoms with van der Waals surface area (Å²) in [5.41, 5.74) is 0.584. The van der Waals surface area contributed by atoms with Gasteiger partial charge < -0.3 is 10.2 Å². The molecule has 0 aliphatic carbocycles. The third-order valence-electron chi connectivity index (χ3n) is 3.34. The highest BCUT2D eigenvalue weighted by Crippen LogP contribution is 2.22. The van der Waals surface area contributed by atoms with Crippen molar-refractivity contribution in [3.05, 3.63) is 69.9 Å². The van der Waals surface area contributed by atoms with Crippen molar-refractivity contribution in [3.8, 4) is 0 Å². The third-order valence-corrected chi connectivity index (χ3v) is 4.55. The van der Waals surface area contributed by atoms with E-state index < -0.39 is 0 Å². The molecular weight excluding hydrogens is 344 g/mol. The van der Waals surface area contributed by atoms with E-state index in [1.165, 1.54) is 11.3 Å². The lowest BCUT2D eigenvalue weighted by Gasteiger charge is -2.20. The minimum atomic E-state index is -0.177. The molecule has 0 aliphatic heterocycles. The summed E-state index contributed by atoms with van der Waals surface area (Å²) in [4.78, 5) is 27.0. The first kappa shape index (κ1) is 18.2. The van der Waals surface area contributed by atoms with Gasteiger partial charge in [-0.05, 0) is 24.3 Å². The van der Waals surface area contributed by atoms with E-state index in [0.29, 0.717) is 29.5 Å². The van der Waals surface area contributed by atoms with Crippen molar-refractivity contribution in [1.82, 2.24) is 10.2 Å². The molecule has 0 unspecified atom stereocenters. The molecule has 0 aliphatic rings. The molecule has 2 amide bonds. The van der Waals surface area contributed by atoms with Gasteiger partial charge in [0.1, 0.15) is 0 Å². The summed E-state index contributed by atoms with van der Waals surface area (Å²) >= 11 is 7.38. The highest BCUT2D eigenvalue weighted by molar-refractivity contribution is 7.16. The maximum Gasteiger partial charge on any atom is 0.251 e. The van der Waals surface area contributed by atoms with E-state index in [2.05, 4.69) is 11.9 Å². The second-order valence-corrected chi connectivity index (χ2v) is 6.94. The van der Waals surface area contributed by atoms with Gasteiger partial charge in [-0.3, -0.25) is 9.59 Å². The van der Waals surface area contributed by atoms with Crippen LogP contribution in [0.4, 0.5) is 0 Å². The Labute approximate surface area is 150 Å². The predicted molar refractivity (Wildman–Crippen MR) is 98.3 cm³/mol. The van der Waals surface area contributed by atoms with Crippen LogP contribution in [-0.4, -0.2) is 29.8 Å². The number of nitrogens with one attached hydrogen (secondary N) is 1. The highest BCUT2D eigenvalue weighted by Gasteiger charge is 2.14. The Morgan fingerprint density at radius 1 is 1.21 bits per heavy atom. The first-order valence-electron chi connectivity index (χ1n) is 7.56. The molecule has 4 nitrogen and oxygen atoms in total. The van der Waals surface area contributed by atoms with Crippen LogP contribution in [-0.2, 0) is 11.3 Å². The van der Waals surface area contributed by atoms with Gasteiger partial charge in [-0.25, -0.2) is 0 Å². The van der Waals surface area contributed by atoms with Gasteiger partial charge in [0, 0.05) is 30.0 Å². The summed E-state index contributed by atoms with van der Waals surface area (Å²) in [6.45, 7) is 4.94. The molecule has 1 heterocycles. The van der Waals surface area contributed by atoms with E-state index in [9.17, 15) is 9.59 Å². The van der Waals surface area contributed by atoms with Crippen LogP contribution in [0.2, 0.25) is 4.34 Å². The quantitative estimate of drug-likeness (QED) is 0.727. The lowest BCUT2D eigenvalue weighted by molar-refractivity contribution is -0.131. The maximum atomic E-state index is 12.4. The molecule has 0 bridgehead atoms. The van der Waals surface area contributed by atoms with Gasteiger partial charge in [0.15, 0.2) is 0 Å². The number of halogens is 1. The molecule has 126 valence electrons. The van der Waals surface area contributed by atoms with Crippen LogP contribution in [0.1, 0.15) is 21.7 Å². The molecule has 0 atom stereocenters. The van der Waals surface area contributed by atoms with Gasteiger partial charge in [-0.2, -0.15) is 0 Å². The lowest BCUT2D eigenvalue weighted by Crippen LogP contribution is -2.34. The summed E-state index contributed by atoms with van der Waals surface area (Å²) in [5.74, 6) is -0.212. The fourth-order valence-electron chi connectivity index (χ4n) is 2.17. The SMILES string of the molecule is C=CCN(Cc1ccc(Cl)s1)C(=O)CCNC(=O)c1ccccc1. The van der Waals surface area contributed by atoms with E-state index in [1.807, 2.05) is 18.2 Å². The second-order valence-electron chi connectivity index (χ2n) is 5.14. The molecule has 0 radical (unpaired) electrons. The van der Waals surface area contributed by atoms with Crippen LogP contribution in [0.3, 0.4) is 0 Å². The Balaban J connectivity index is 1.84. The van der Waals surface area contributed by atoms with Crippen molar-refractivity contribution in [2.75, 3.05) is 13.1 Å². The van der Waals surface area contributed by atoms with Crippen molar-refractivity contribution in [3.63, 3.8) is 0 Å². The van der Waals surface area contributed by atoms with Crippen LogP contribution in [0, 0.1) is 0 Å². The molecular formula is C18H19ClN2O2S. The number of rotatable bonds is 8. The first-order chi connectivity index (χ1) is 11.6. The second kappa shape index (κ2) is 9.25. The number of hydrogen-bond acceptors (Lipinski definition) is 3. The molecule has 1 aromatic heterocycles. The van der Waals surface area contributed by atoms with Gasteiger partial charge in [-0.1, -0.05) is 35.9 Å². The van der Waals surface area contributed by atoms with Crippen LogP contribution in [0.5, 0.6) is 0 Å². The number of carbonyl (C=O) groups excluding carboxylic acids is 2. The number of hydrogen-bond donors (Lipinski definition) is 1. The van der Waals surface area contributed by atoms with Crippen LogP contribution in [0.25, 0.3) is 0 Å². The topological polar surface area (TPSA) is 49.4 Å². The molecule has 0 saturated heterocycles. The third kappa shape index (κ3) is 5.51. The van der Waals surface area contributed by atoms with Gasteiger partial charge in [-0.15, -0.1) is 17.9 Å². The summed E-state index contributed by atoms with van der Waals surface area (Å²) < 4.78 is 0.700. The zero-order valence-electron chi connectivity index (χ0n) is 13.2. The lowest BCUT2D eigenvalue weighted by atomic mass is 10.2. The molecule has 2 rings (SSSR count). The molecule has 0 saturated carbocycles. The van der Waals surface area contributed by atoms with Crippen molar-refractivity contribution in [2.24, 2.45) is 0 Å². The number of amides is 2. The van der Waals surface area contributed by atoms with Crippen LogP contribution < -0.4 is 5.32 Å². The highest BCUT2D eigenvalue weighted by atomic mass is 35.5. The first-order valence-corrected chi connectivity index (χ1v) is 8.75. The Morgan fingerprint density at radius 2 is 1.96 bits per heavy atom. The number of nitrogens with zero attached hydrogens (tertiary/aromatic N) is 1. The largest absolute Gasteiger partial charge is 0.352 e. The number of benzene rings is 1. The van der Waals surface area contributed by atoms with E-state index in [0.717, 1.165) is 4.88 Å². The monoisotopic (exact) mass is 362 g/mol. The maximum absolute atomic E-state index is 12.4.